The molecule has 0 saturated carbocycles. The Morgan fingerprint density at radius 3 is 2.64 bits per heavy atom. The maximum atomic E-state index is 11.8. The molecule has 1 heterocycles. The van der Waals surface area contributed by atoms with Crippen LogP contribution in [0.1, 0.15) is 5.56 Å². The van der Waals surface area contributed by atoms with E-state index in [4.69, 9.17) is 9.84 Å². The summed E-state index contributed by atoms with van der Waals surface area (Å²) in [6, 6.07) is 9.23. The first-order valence-corrected chi connectivity index (χ1v) is 6.71. The van der Waals surface area contributed by atoms with Crippen molar-refractivity contribution < 1.29 is 19.4 Å². The predicted octanol–water partition coefficient (Wildman–Crippen LogP) is 0.631. The van der Waals surface area contributed by atoms with Crippen molar-refractivity contribution in [2.45, 2.75) is 12.5 Å². The monoisotopic (exact) mass is 303 g/mol. The van der Waals surface area contributed by atoms with Crippen LogP contribution in [0.15, 0.2) is 42.7 Å². The molecule has 2 N–H and O–H groups in total. The van der Waals surface area contributed by atoms with Crippen LogP contribution in [0.2, 0.25) is 0 Å². The number of carboxylic acid groups (broad SMARTS) is 1. The third kappa shape index (κ3) is 4.16. The third-order valence-corrected chi connectivity index (χ3v) is 3.11. The summed E-state index contributed by atoms with van der Waals surface area (Å²) in [5.41, 5.74) is 1.73. The summed E-state index contributed by atoms with van der Waals surface area (Å²) in [6.07, 6.45) is 2.66. The number of nitrogens with zero attached hydrogens (tertiary/aromatic N) is 2. The van der Waals surface area contributed by atoms with E-state index < -0.39 is 12.1 Å². The Bertz CT molecular complexity index is 623. The zero-order valence-electron chi connectivity index (χ0n) is 12.1. The number of carbonyl (C=O) groups is 2. The highest BCUT2D eigenvalue weighted by Crippen LogP contribution is 2.09. The molecule has 0 radical (unpaired) electrons. The fourth-order valence-electron chi connectivity index (χ4n) is 1.91. The molecule has 7 nitrogen and oxygen atoms in total. The maximum Gasteiger partial charge on any atom is 0.334 e. The second-order valence-corrected chi connectivity index (χ2v) is 4.66. The lowest BCUT2D eigenvalue weighted by molar-refractivity contribution is -0.148. The normalized spacial score (nSPS) is 11.9. The van der Waals surface area contributed by atoms with E-state index in [1.54, 1.807) is 10.9 Å². The number of methoxy groups -OCH3 is 1. The Morgan fingerprint density at radius 2 is 2.09 bits per heavy atom. The number of nitrogens with one attached hydrogen (secondary N) is 1. The van der Waals surface area contributed by atoms with E-state index in [1.807, 2.05) is 36.5 Å². The van der Waals surface area contributed by atoms with Crippen molar-refractivity contribution in [2.24, 2.45) is 0 Å². The van der Waals surface area contributed by atoms with Crippen LogP contribution in [0.5, 0.6) is 0 Å². The molecule has 0 spiro atoms. The fraction of sp³-hybridized carbons (Fsp3) is 0.267. The van der Waals surface area contributed by atoms with E-state index in [0.717, 1.165) is 11.3 Å². The number of amides is 1. The minimum absolute atomic E-state index is 0.0595. The highest BCUT2D eigenvalue weighted by molar-refractivity contribution is 5.80. The van der Waals surface area contributed by atoms with E-state index in [9.17, 15) is 9.59 Å². The van der Waals surface area contributed by atoms with Crippen molar-refractivity contribution in [1.82, 2.24) is 15.1 Å². The van der Waals surface area contributed by atoms with E-state index in [1.165, 1.54) is 7.11 Å². The first kappa shape index (κ1) is 15.7. The lowest BCUT2D eigenvalue weighted by Crippen LogP contribution is -2.38. The van der Waals surface area contributed by atoms with E-state index in [-0.39, 0.29) is 18.9 Å². The standard InChI is InChI=1S/C15H17N3O4/c1-22-13(15(20)21)10-16-14(19)9-11-3-5-12(6-4-11)18-8-2-7-17-18/h2-8,13H,9-10H2,1H3,(H,16,19)(H,20,21). The van der Waals surface area contributed by atoms with Gasteiger partial charge in [0.2, 0.25) is 5.91 Å². The number of carbonyl (C=O) groups excluding carboxylic acids is 1. The molecule has 22 heavy (non-hydrogen) atoms. The van der Waals surface area contributed by atoms with Gasteiger partial charge in [-0.2, -0.15) is 5.10 Å². The lowest BCUT2D eigenvalue weighted by atomic mass is 10.1. The smallest absolute Gasteiger partial charge is 0.334 e. The van der Waals surface area contributed by atoms with Gasteiger partial charge < -0.3 is 15.2 Å². The number of benzene rings is 1. The molecule has 1 amide bonds. The molecule has 1 unspecified atom stereocenters. The number of aromatic nitrogens is 2. The van der Waals surface area contributed by atoms with Gasteiger partial charge in [-0.05, 0) is 23.8 Å². The molecule has 0 bridgehead atoms. The van der Waals surface area contributed by atoms with Crippen LogP contribution in [0, 0.1) is 0 Å². The summed E-state index contributed by atoms with van der Waals surface area (Å²) in [4.78, 5) is 22.6. The van der Waals surface area contributed by atoms with Gasteiger partial charge in [-0.25, -0.2) is 9.48 Å². The van der Waals surface area contributed by atoms with Crippen molar-refractivity contribution >= 4 is 11.9 Å². The van der Waals surface area contributed by atoms with Crippen molar-refractivity contribution in [3.63, 3.8) is 0 Å². The van der Waals surface area contributed by atoms with E-state index in [2.05, 4.69) is 10.4 Å². The largest absolute Gasteiger partial charge is 0.479 e. The molecule has 0 saturated heterocycles. The Labute approximate surface area is 127 Å². The molecule has 116 valence electrons. The Balaban J connectivity index is 1.88. The minimum Gasteiger partial charge on any atom is -0.479 e. The van der Waals surface area contributed by atoms with Crippen LogP contribution in [-0.4, -0.2) is 46.5 Å². The van der Waals surface area contributed by atoms with E-state index >= 15 is 0 Å². The molecule has 7 heteroatoms. The zero-order valence-corrected chi connectivity index (χ0v) is 12.1. The van der Waals surface area contributed by atoms with Crippen LogP contribution in [0.4, 0.5) is 0 Å². The molecule has 0 fully saturated rings. The molecule has 1 aromatic carbocycles. The van der Waals surface area contributed by atoms with Gasteiger partial charge in [-0.15, -0.1) is 0 Å². The second kappa shape index (κ2) is 7.37. The molecule has 0 aliphatic heterocycles. The van der Waals surface area contributed by atoms with Crippen molar-refractivity contribution in [3.05, 3.63) is 48.3 Å². The summed E-state index contributed by atoms with van der Waals surface area (Å²) >= 11 is 0. The molecule has 1 aromatic heterocycles. The quantitative estimate of drug-likeness (QED) is 0.782. The summed E-state index contributed by atoms with van der Waals surface area (Å²) in [6.45, 7) is -0.0595. The third-order valence-electron chi connectivity index (χ3n) is 3.11. The SMILES string of the molecule is COC(CNC(=O)Cc1ccc(-n2cccn2)cc1)C(=O)O. The van der Waals surface area contributed by atoms with Gasteiger partial charge in [-0.3, -0.25) is 4.79 Å². The number of aliphatic carboxylic acids is 1. The minimum atomic E-state index is -1.11. The first-order valence-electron chi connectivity index (χ1n) is 6.71. The van der Waals surface area contributed by atoms with Gasteiger partial charge in [0.05, 0.1) is 18.7 Å². The van der Waals surface area contributed by atoms with Crippen molar-refractivity contribution in [1.29, 1.82) is 0 Å². The Hall–Kier alpha value is -2.67. The molecule has 2 aromatic rings. The number of rotatable bonds is 7. The average Bonchev–Trinajstić information content (AvgIpc) is 3.02. The van der Waals surface area contributed by atoms with Crippen LogP contribution in [-0.2, 0) is 20.7 Å². The van der Waals surface area contributed by atoms with Gasteiger partial charge in [0.25, 0.3) is 0 Å². The highest BCUT2D eigenvalue weighted by atomic mass is 16.5. The van der Waals surface area contributed by atoms with E-state index in [0.29, 0.717) is 0 Å². The van der Waals surface area contributed by atoms with Crippen LogP contribution < -0.4 is 5.32 Å². The van der Waals surface area contributed by atoms with Gasteiger partial charge >= 0.3 is 5.97 Å². The second-order valence-electron chi connectivity index (χ2n) is 4.66. The summed E-state index contributed by atoms with van der Waals surface area (Å²) in [5, 5.41) is 15.5. The summed E-state index contributed by atoms with van der Waals surface area (Å²) in [5.74, 6) is -1.36. The van der Waals surface area contributed by atoms with Gasteiger partial charge in [-0.1, -0.05) is 12.1 Å². The average molecular weight is 303 g/mol. The predicted molar refractivity (Wildman–Crippen MR) is 78.7 cm³/mol. The lowest BCUT2D eigenvalue weighted by Gasteiger charge is -2.11. The van der Waals surface area contributed by atoms with Crippen LogP contribution >= 0.6 is 0 Å². The summed E-state index contributed by atoms with van der Waals surface area (Å²) < 4.78 is 6.47. The fourth-order valence-corrected chi connectivity index (χ4v) is 1.91. The zero-order chi connectivity index (χ0) is 15.9. The maximum absolute atomic E-state index is 11.8. The molecule has 0 aliphatic carbocycles. The molecular weight excluding hydrogens is 286 g/mol. The number of ether oxygens (including phenoxy) is 1. The summed E-state index contributed by atoms with van der Waals surface area (Å²) in [7, 11) is 1.29. The highest BCUT2D eigenvalue weighted by Gasteiger charge is 2.17. The van der Waals surface area contributed by atoms with Gasteiger partial charge in [0.1, 0.15) is 0 Å². The van der Waals surface area contributed by atoms with Crippen LogP contribution in [0.3, 0.4) is 0 Å². The van der Waals surface area contributed by atoms with Crippen molar-refractivity contribution in [3.8, 4) is 5.69 Å². The molecule has 2 rings (SSSR count). The molecule has 1 atom stereocenters. The van der Waals surface area contributed by atoms with Crippen LogP contribution in [0.25, 0.3) is 5.69 Å². The Morgan fingerprint density at radius 1 is 1.36 bits per heavy atom. The molecular formula is C15H17N3O4. The topological polar surface area (TPSA) is 93.5 Å². The molecule has 0 aliphatic rings. The van der Waals surface area contributed by atoms with Gasteiger partial charge in [0, 0.05) is 19.5 Å². The Kier molecular flexibility index (Phi) is 5.26. The number of carboxylic acids is 1. The van der Waals surface area contributed by atoms with Crippen molar-refractivity contribution in [2.75, 3.05) is 13.7 Å². The van der Waals surface area contributed by atoms with Gasteiger partial charge in [0.15, 0.2) is 6.10 Å². The number of hydrogen-bond acceptors (Lipinski definition) is 4. The number of hydrogen-bond donors (Lipinski definition) is 2. The first-order chi connectivity index (χ1) is 10.6.